The molecule has 2 rings (SSSR count). The van der Waals surface area contributed by atoms with E-state index in [9.17, 15) is 13.2 Å². The van der Waals surface area contributed by atoms with Gasteiger partial charge < -0.3 is 9.47 Å². The van der Waals surface area contributed by atoms with Crippen LogP contribution in [0.2, 0.25) is 0 Å². The molecule has 0 spiro atoms. The quantitative estimate of drug-likeness (QED) is 0.824. The number of amides is 1. The molecule has 0 bridgehead atoms. The number of ether oxygens (including phenoxy) is 2. The van der Waals surface area contributed by atoms with Crippen LogP contribution in [0.25, 0.3) is 6.08 Å². The number of sulfone groups is 1. The first kappa shape index (κ1) is 18.3. The van der Waals surface area contributed by atoms with Gasteiger partial charge in [-0.2, -0.15) is 0 Å². The first-order chi connectivity index (χ1) is 11.3. The van der Waals surface area contributed by atoms with Crippen molar-refractivity contribution in [3.05, 3.63) is 23.8 Å². The Bertz CT molecular complexity index is 758. The van der Waals surface area contributed by atoms with E-state index in [1.165, 1.54) is 14.2 Å². The molecule has 24 heavy (non-hydrogen) atoms. The third-order valence-electron chi connectivity index (χ3n) is 3.86. The van der Waals surface area contributed by atoms with Crippen LogP contribution in [0.4, 0.5) is 0 Å². The molecule has 1 heterocycles. The lowest BCUT2D eigenvalue weighted by molar-refractivity contribution is -0.125. The third kappa shape index (κ3) is 4.07. The van der Waals surface area contributed by atoms with Gasteiger partial charge >= 0.3 is 0 Å². The van der Waals surface area contributed by atoms with Crippen molar-refractivity contribution in [2.24, 2.45) is 5.92 Å². The smallest absolute Gasteiger partial charge is 0.234 e. The summed E-state index contributed by atoms with van der Waals surface area (Å²) in [6.07, 6.45) is 5.24. The molecule has 0 aliphatic carbocycles. The van der Waals surface area contributed by atoms with Crippen molar-refractivity contribution in [2.75, 3.05) is 20.5 Å². The van der Waals surface area contributed by atoms with Crippen LogP contribution in [-0.2, 0) is 14.6 Å². The summed E-state index contributed by atoms with van der Waals surface area (Å²) in [4.78, 5) is 11.4. The molecule has 0 saturated carbocycles. The highest BCUT2D eigenvalue weighted by molar-refractivity contribution is 7.90. The van der Waals surface area contributed by atoms with E-state index >= 15 is 0 Å². The predicted molar refractivity (Wildman–Crippen MR) is 90.5 cm³/mol. The number of carbonyl (C=O) groups excluding carboxylic acids is 1. The summed E-state index contributed by atoms with van der Waals surface area (Å²) in [5.74, 6) is 0.619. The van der Waals surface area contributed by atoms with Gasteiger partial charge in [0.2, 0.25) is 5.91 Å². The molecule has 2 unspecified atom stereocenters. The van der Waals surface area contributed by atoms with E-state index in [0.29, 0.717) is 17.7 Å². The van der Waals surface area contributed by atoms with E-state index in [1.54, 1.807) is 18.2 Å². The van der Waals surface area contributed by atoms with Crippen LogP contribution in [-0.4, -0.2) is 40.8 Å². The average Bonchev–Trinajstić information content (AvgIpc) is 2.52. The van der Waals surface area contributed by atoms with E-state index in [0.717, 1.165) is 6.26 Å². The van der Waals surface area contributed by atoms with Crippen molar-refractivity contribution in [2.45, 2.75) is 24.3 Å². The molecule has 1 saturated heterocycles. The van der Waals surface area contributed by atoms with Gasteiger partial charge in [-0.1, -0.05) is 19.1 Å². The maximum Gasteiger partial charge on any atom is 0.234 e. The molecule has 1 amide bonds. The summed E-state index contributed by atoms with van der Waals surface area (Å²) in [7, 11) is -0.616. The lowest BCUT2D eigenvalue weighted by Gasteiger charge is -2.27. The molecule has 2 N–H and O–H groups in total. The SMILES string of the molecule is COc1cc(/C=C/C2NNC(=O)CC2C)cc(S(C)(=O)=O)c1OC. The Balaban J connectivity index is 2.37. The van der Waals surface area contributed by atoms with E-state index in [-0.39, 0.29) is 28.5 Å². The van der Waals surface area contributed by atoms with Gasteiger partial charge in [0.15, 0.2) is 21.3 Å². The van der Waals surface area contributed by atoms with Gasteiger partial charge in [-0.15, -0.1) is 0 Å². The van der Waals surface area contributed by atoms with E-state index < -0.39 is 9.84 Å². The summed E-state index contributed by atoms with van der Waals surface area (Å²) >= 11 is 0. The van der Waals surface area contributed by atoms with Crippen LogP contribution < -0.4 is 20.3 Å². The maximum atomic E-state index is 12.0. The van der Waals surface area contributed by atoms with Crippen molar-refractivity contribution in [3.8, 4) is 11.5 Å². The van der Waals surface area contributed by atoms with Gasteiger partial charge in [0.05, 0.1) is 14.2 Å². The summed E-state index contributed by atoms with van der Waals surface area (Å²) in [6, 6.07) is 3.20. The number of rotatable bonds is 5. The highest BCUT2D eigenvalue weighted by atomic mass is 32.2. The number of nitrogens with one attached hydrogen (secondary N) is 2. The molecule has 1 aromatic carbocycles. The highest BCUT2D eigenvalue weighted by Crippen LogP contribution is 2.36. The van der Waals surface area contributed by atoms with Crippen molar-refractivity contribution in [1.82, 2.24) is 10.9 Å². The summed E-state index contributed by atoms with van der Waals surface area (Å²) in [6.45, 7) is 1.97. The first-order valence-electron chi connectivity index (χ1n) is 7.45. The van der Waals surface area contributed by atoms with E-state index in [2.05, 4.69) is 10.9 Å². The first-order valence-corrected chi connectivity index (χ1v) is 9.34. The molecular formula is C16H22N2O5S. The fourth-order valence-corrected chi connectivity index (χ4v) is 3.42. The van der Waals surface area contributed by atoms with Gasteiger partial charge in [-0.3, -0.25) is 10.2 Å². The molecule has 1 aliphatic heterocycles. The van der Waals surface area contributed by atoms with Crippen molar-refractivity contribution >= 4 is 21.8 Å². The molecule has 132 valence electrons. The molecule has 1 aromatic rings. The Morgan fingerprint density at radius 1 is 1.25 bits per heavy atom. The number of benzene rings is 1. The molecular weight excluding hydrogens is 332 g/mol. The van der Waals surface area contributed by atoms with Crippen molar-refractivity contribution in [3.63, 3.8) is 0 Å². The maximum absolute atomic E-state index is 12.0. The lowest BCUT2D eigenvalue weighted by Crippen LogP contribution is -2.52. The van der Waals surface area contributed by atoms with Crippen molar-refractivity contribution in [1.29, 1.82) is 0 Å². The Kier molecular flexibility index (Phi) is 5.51. The normalized spacial score (nSPS) is 21.6. The minimum atomic E-state index is -3.47. The van der Waals surface area contributed by atoms with Gasteiger partial charge in [-0.25, -0.2) is 13.8 Å². The van der Waals surface area contributed by atoms with Crippen LogP contribution in [0, 0.1) is 5.92 Å². The Morgan fingerprint density at radius 2 is 1.96 bits per heavy atom. The molecule has 8 heteroatoms. The average molecular weight is 354 g/mol. The fraction of sp³-hybridized carbons (Fsp3) is 0.438. The molecule has 2 atom stereocenters. The molecule has 0 aromatic heterocycles. The Morgan fingerprint density at radius 3 is 2.50 bits per heavy atom. The number of hydrogen-bond acceptors (Lipinski definition) is 6. The van der Waals surface area contributed by atoms with E-state index in [1.807, 2.05) is 13.0 Å². The minimum Gasteiger partial charge on any atom is -0.493 e. The highest BCUT2D eigenvalue weighted by Gasteiger charge is 2.23. The molecule has 1 fully saturated rings. The van der Waals surface area contributed by atoms with Gasteiger partial charge in [0, 0.05) is 18.7 Å². The summed E-state index contributed by atoms with van der Waals surface area (Å²) in [5.41, 5.74) is 6.18. The number of carbonyl (C=O) groups is 1. The van der Waals surface area contributed by atoms with Crippen molar-refractivity contribution < 1.29 is 22.7 Å². The molecule has 0 radical (unpaired) electrons. The lowest BCUT2D eigenvalue weighted by atomic mass is 9.96. The minimum absolute atomic E-state index is 0.0439. The Labute approximate surface area is 141 Å². The second kappa shape index (κ2) is 7.23. The third-order valence-corrected chi connectivity index (χ3v) is 4.96. The Hall–Kier alpha value is -2.06. The van der Waals surface area contributed by atoms with Gasteiger partial charge in [0.25, 0.3) is 0 Å². The van der Waals surface area contributed by atoms with Crippen LogP contribution in [0.5, 0.6) is 11.5 Å². The number of hydrazine groups is 1. The second-order valence-corrected chi connectivity index (χ2v) is 7.77. The molecule has 1 aliphatic rings. The zero-order valence-electron chi connectivity index (χ0n) is 14.1. The van der Waals surface area contributed by atoms with E-state index in [4.69, 9.17) is 9.47 Å². The standard InChI is InChI=1S/C16H22N2O5S/c1-10-7-15(19)18-17-12(10)6-5-11-8-13(22-2)16(23-3)14(9-11)24(4,20)21/h5-6,8-10,12,17H,7H2,1-4H3,(H,18,19)/b6-5+. The van der Waals surface area contributed by atoms with Crippen LogP contribution in [0.3, 0.4) is 0 Å². The van der Waals surface area contributed by atoms with Crippen LogP contribution in [0.15, 0.2) is 23.1 Å². The summed E-state index contributed by atoms with van der Waals surface area (Å²) in [5, 5.41) is 0. The zero-order chi connectivity index (χ0) is 17.9. The predicted octanol–water partition coefficient (Wildman–Crippen LogP) is 1.15. The van der Waals surface area contributed by atoms with Crippen LogP contribution >= 0.6 is 0 Å². The largest absolute Gasteiger partial charge is 0.493 e. The number of hydrogen-bond donors (Lipinski definition) is 2. The topological polar surface area (TPSA) is 93.7 Å². The number of methoxy groups -OCH3 is 2. The second-order valence-electron chi connectivity index (χ2n) is 5.79. The summed E-state index contributed by atoms with van der Waals surface area (Å²) < 4.78 is 34.4. The zero-order valence-corrected chi connectivity index (χ0v) is 14.9. The van der Waals surface area contributed by atoms with Crippen LogP contribution in [0.1, 0.15) is 18.9 Å². The van der Waals surface area contributed by atoms with Gasteiger partial charge in [0.1, 0.15) is 4.90 Å². The monoisotopic (exact) mass is 354 g/mol. The molecule has 7 nitrogen and oxygen atoms in total. The fourth-order valence-electron chi connectivity index (χ4n) is 2.55. The van der Waals surface area contributed by atoms with Gasteiger partial charge in [-0.05, 0) is 23.6 Å².